The molecule has 0 aliphatic carbocycles. The third-order valence-corrected chi connectivity index (χ3v) is 2.16. The molecule has 1 aromatic rings. The molecular weight excluding hydrogens is 212 g/mol. The van der Waals surface area contributed by atoms with Gasteiger partial charge in [0.15, 0.2) is 5.82 Å². The zero-order valence-corrected chi connectivity index (χ0v) is 9.27. The van der Waals surface area contributed by atoms with Crippen LogP contribution in [-0.4, -0.2) is 46.0 Å². The van der Waals surface area contributed by atoms with Crippen molar-refractivity contribution in [2.75, 3.05) is 31.4 Å². The Kier molecular flexibility index (Phi) is 3.86. The second-order valence-corrected chi connectivity index (χ2v) is 3.65. The molecule has 0 amide bonds. The fourth-order valence-corrected chi connectivity index (χ4v) is 1.06. The number of aromatic nitrogens is 2. The maximum absolute atomic E-state index is 9.13. The number of methoxy groups -OCH3 is 1. The highest BCUT2D eigenvalue weighted by Crippen LogP contribution is 2.26. The first kappa shape index (κ1) is 12.5. The van der Waals surface area contributed by atoms with Crippen LogP contribution in [0.5, 0.6) is 5.88 Å². The molecule has 0 saturated heterocycles. The van der Waals surface area contributed by atoms with Crippen LogP contribution >= 0.6 is 0 Å². The van der Waals surface area contributed by atoms with E-state index in [1.165, 1.54) is 13.4 Å². The molecule has 0 saturated carbocycles. The molecule has 0 aromatic carbocycles. The number of nitrogens with one attached hydrogen (secondary N) is 1. The number of aliphatic hydroxyl groups is 2. The van der Waals surface area contributed by atoms with E-state index < -0.39 is 5.54 Å². The zero-order chi connectivity index (χ0) is 12.2. The number of aliphatic hydroxyl groups excluding tert-OH is 2. The first-order valence-corrected chi connectivity index (χ1v) is 4.70. The second kappa shape index (κ2) is 4.95. The van der Waals surface area contributed by atoms with Gasteiger partial charge < -0.3 is 26.0 Å². The van der Waals surface area contributed by atoms with Crippen LogP contribution in [0.1, 0.15) is 6.92 Å². The van der Waals surface area contributed by atoms with Gasteiger partial charge in [0, 0.05) is 0 Å². The Bertz CT molecular complexity index is 355. The number of hydrogen-bond acceptors (Lipinski definition) is 7. The second-order valence-electron chi connectivity index (χ2n) is 3.65. The van der Waals surface area contributed by atoms with E-state index in [0.717, 1.165) is 0 Å². The third-order valence-electron chi connectivity index (χ3n) is 2.16. The molecule has 5 N–H and O–H groups in total. The summed E-state index contributed by atoms with van der Waals surface area (Å²) in [5.74, 6) is 0.563. The van der Waals surface area contributed by atoms with Crippen molar-refractivity contribution in [2.45, 2.75) is 12.5 Å². The van der Waals surface area contributed by atoms with Crippen LogP contribution in [0.25, 0.3) is 0 Å². The summed E-state index contributed by atoms with van der Waals surface area (Å²) in [5.41, 5.74) is 5.07. The summed E-state index contributed by atoms with van der Waals surface area (Å²) in [6, 6.07) is 0. The van der Waals surface area contributed by atoms with Gasteiger partial charge in [-0.25, -0.2) is 4.98 Å². The smallest absolute Gasteiger partial charge is 0.242 e. The SMILES string of the molecule is COc1ncnc(NC(C)(CO)CO)c1N. The Labute approximate surface area is 93.3 Å². The summed E-state index contributed by atoms with van der Waals surface area (Å²) in [6.45, 7) is 1.13. The predicted molar refractivity (Wildman–Crippen MR) is 59.2 cm³/mol. The summed E-state index contributed by atoms with van der Waals surface area (Å²) in [6.07, 6.45) is 1.28. The molecule has 0 aliphatic rings. The quantitative estimate of drug-likeness (QED) is 0.523. The molecule has 0 aliphatic heterocycles. The lowest BCUT2D eigenvalue weighted by molar-refractivity contribution is 0.147. The third kappa shape index (κ3) is 2.50. The molecular formula is C9H16N4O3. The molecule has 16 heavy (non-hydrogen) atoms. The molecule has 1 aromatic heterocycles. The number of ether oxygens (including phenoxy) is 1. The molecule has 0 spiro atoms. The maximum Gasteiger partial charge on any atom is 0.242 e. The van der Waals surface area contributed by atoms with Gasteiger partial charge in [-0.2, -0.15) is 4.98 Å². The van der Waals surface area contributed by atoms with Crippen molar-refractivity contribution < 1.29 is 14.9 Å². The van der Waals surface area contributed by atoms with Crippen LogP contribution in [0.3, 0.4) is 0 Å². The van der Waals surface area contributed by atoms with E-state index in [0.29, 0.717) is 5.82 Å². The number of nitrogens with zero attached hydrogens (tertiary/aromatic N) is 2. The molecule has 0 unspecified atom stereocenters. The highest BCUT2D eigenvalue weighted by molar-refractivity contribution is 5.67. The van der Waals surface area contributed by atoms with E-state index in [1.54, 1.807) is 6.92 Å². The van der Waals surface area contributed by atoms with E-state index in [4.69, 9.17) is 20.7 Å². The minimum atomic E-state index is -0.895. The molecule has 1 rings (SSSR count). The summed E-state index contributed by atoms with van der Waals surface area (Å²) in [7, 11) is 1.44. The summed E-state index contributed by atoms with van der Waals surface area (Å²) in [5, 5.41) is 21.1. The van der Waals surface area contributed by atoms with Crippen molar-refractivity contribution in [1.29, 1.82) is 0 Å². The minimum Gasteiger partial charge on any atom is -0.479 e. The van der Waals surface area contributed by atoms with E-state index >= 15 is 0 Å². The number of anilines is 2. The van der Waals surface area contributed by atoms with Crippen molar-refractivity contribution in [2.24, 2.45) is 0 Å². The lowest BCUT2D eigenvalue weighted by Gasteiger charge is -2.27. The largest absolute Gasteiger partial charge is 0.479 e. The lowest BCUT2D eigenvalue weighted by Crippen LogP contribution is -2.43. The molecule has 0 radical (unpaired) electrons. The van der Waals surface area contributed by atoms with Crippen LogP contribution in [0, 0.1) is 0 Å². The molecule has 7 nitrogen and oxygen atoms in total. The van der Waals surface area contributed by atoms with Crippen molar-refractivity contribution in [3.63, 3.8) is 0 Å². The van der Waals surface area contributed by atoms with Gasteiger partial charge in [-0.3, -0.25) is 0 Å². The van der Waals surface area contributed by atoms with Crippen LogP contribution in [0.4, 0.5) is 11.5 Å². The highest BCUT2D eigenvalue weighted by Gasteiger charge is 2.24. The average Bonchev–Trinajstić information content (AvgIpc) is 2.32. The van der Waals surface area contributed by atoms with Crippen LogP contribution < -0.4 is 15.8 Å². The fourth-order valence-electron chi connectivity index (χ4n) is 1.06. The molecule has 90 valence electrons. The summed E-state index contributed by atoms with van der Waals surface area (Å²) >= 11 is 0. The Morgan fingerprint density at radius 3 is 2.56 bits per heavy atom. The van der Waals surface area contributed by atoms with Gasteiger partial charge in [-0.1, -0.05) is 0 Å². The first-order chi connectivity index (χ1) is 7.56. The van der Waals surface area contributed by atoms with E-state index in [2.05, 4.69) is 15.3 Å². The molecule has 7 heteroatoms. The van der Waals surface area contributed by atoms with Crippen LogP contribution in [-0.2, 0) is 0 Å². The van der Waals surface area contributed by atoms with Gasteiger partial charge in [0.25, 0.3) is 0 Å². The van der Waals surface area contributed by atoms with Crippen LogP contribution in [0.2, 0.25) is 0 Å². The molecule has 0 bridgehead atoms. The van der Waals surface area contributed by atoms with Crippen molar-refractivity contribution in [3.05, 3.63) is 6.33 Å². The first-order valence-electron chi connectivity index (χ1n) is 4.70. The molecule has 0 atom stereocenters. The van der Waals surface area contributed by atoms with Gasteiger partial charge >= 0.3 is 0 Å². The average molecular weight is 228 g/mol. The monoisotopic (exact) mass is 228 g/mol. The topological polar surface area (TPSA) is 114 Å². The van der Waals surface area contributed by atoms with E-state index in [9.17, 15) is 0 Å². The summed E-state index contributed by atoms with van der Waals surface area (Å²) < 4.78 is 4.93. The fraction of sp³-hybridized carbons (Fsp3) is 0.556. The number of hydrogen-bond donors (Lipinski definition) is 4. The zero-order valence-electron chi connectivity index (χ0n) is 9.27. The predicted octanol–water partition coefficient (Wildman–Crippen LogP) is -0.777. The highest BCUT2D eigenvalue weighted by atomic mass is 16.5. The van der Waals surface area contributed by atoms with Gasteiger partial charge in [0.05, 0.1) is 25.9 Å². The van der Waals surface area contributed by atoms with Crippen molar-refractivity contribution in [3.8, 4) is 5.88 Å². The van der Waals surface area contributed by atoms with E-state index in [-0.39, 0.29) is 24.8 Å². The number of rotatable bonds is 5. The van der Waals surface area contributed by atoms with Crippen molar-refractivity contribution in [1.82, 2.24) is 9.97 Å². The van der Waals surface area contributed by atoms with Gasteiger partial charge in [-0.05, 0) is 6.92 Å². The van der Waals surface area contributed by atoms with Crippen LogP contribution in [0.15, 0.2) is 6.33 Å². The Hall–Kier alpha value is -1.60. The minimum absolute atomic E-state index is 0.234. The number of nitrogen functional groups attached to an aromatic ring is 1. The van der Waals surface area contributed by atoms with E-state index in [1.807, 2.05) is 0 Å². The normalized spacial score (nSPS) is 11.2. The number of nitrogens with two attached hydrogens (primary N) is 1. The lowest BCUT2D eigenvalue weighted by atomic mass is 10.1. The van der Waals surface area contributed by atoms with Crippen molar-refractivity contribution >= 4 is 11.5 Å². The molecule has 1 heterocycles. The maximum atomic E-state index is 9.13. The van der Waals surface area contributed by atoms with Gasteiger partial charge in [0.1, 0.15) is 12.0 Å². The van der Waals surface area contributed by atoms with Gasteiger partial charge in [0.2, 0.25) is 5.88 Å². The summed E-state index contributed by atoms with van der Waals surface area (Å²) in [4.78, 5) is 7.73. The Morgan fingerprint density at radius 2 is 2.06 bits per heavy atom. The standard InChI is InChI=1S/C9H16N4O3/c1-9(3-14,4-15)13-7-6(10)8(16-2)12-5-11-7/h5,14-15H,3-4,10H2,1-2H3,(H,11,12,13). The molecule has 0 fully saturated rings. The Balaban J connectivity index is 2.97. The van der Waals surface area contributed by atoms with Gasteiger partial charge in [-0.15, -0.1) is 0 Å². The Morgan fingerprint density at radius 1 is 1.44 bits per heavy atom.